The highest BCUT2D eigenvalue weighted by atomic mass is 32.1. The van der Waals surface area contributed by atoms with Crippen LogP contribution in [0.5, 0.6) is 5.88 Å². The van der Waals surface area contributed by atoms with Gasteiger partial charge in [-0.3, -0.25) is 0 Å². The van der Waals surface area contributed by atoms with E-state index in [-0.39, 0.29) is 0 Å². The molecule has 0 aromatic carbocycles. The van der Waals surface area contributed by atoms with Crippen molar-refractivity contribution in [3.8, 4) is 16.3 Å². The number of anilines is 1. The Bertz CT molecular complexity index is 1240. The largest absolute Gasteiger partial charge is 0.477 e. The van der Waals surface area contributed by atoms with Gasteiger partial charge in [0.25, 0.3) is 0 Å². The Labute approximate surface area is 189 Å². The maximum absolute atomic E-state index is 6.03. The van der Waals surface area contributed by atoms with Gasteiger partial charge in [-0.25, -0.2) is 9.97 Å². The summed E-state index contributed by atoms with van der Waals surface area (Å²) in [5.41, 5.74) is 5.02. The summed E-state index contributed by atoms with van der Waals surface area (Å²) in [4.78, 5) is 19.8. The van der Waals surface area contributed by atoms with E-state index in [9.17, 15) is 0 Å². The molecule has 1 N–H and O–H groups in total. The van der Waals surface area contributed by atoms with Gasteiger partial charge in [-0.2, -0.15) is 4.98 Å². The number of aromatic nitrogens is 3. The molecule has 0 amide bonds. The Kier molecular flexibility index (Phi) is 5.01. The molecule has 8 heteroatoms. The SMILES string of the molecule is CCOc1nc(N2CCNCC2)nc2c1sc1nc3c(c(-c4cccs4)c12)CCCC3. The summed E-state index contributed by atoms with van der Waals surface area (Å²) in [5.74, 6) is 1.46. The number of thiophene rings is 2. The lowest BCUT2D eigenvalue weighted by Gasteiger charge is -2.27. The minimum absolute atomic E-state index is 0.586. The summed E-state index contributed by atoms with van der Waals surface area (Å²) in [6.07, 6.45) is 4.61. The van der Waals surface area contributed by atoms with Gasteiger partial charge in [-0.1, -0.05) is 6.07 Å². The molecule has 5 heterocycles. The van der Waals surface area contributed by atoms with Crippen molar-refractivity contribution in [2.45, 2.75) is 32.6 Å². The van der Waals surface area contributed by atoms with Crippen LogP contribution in [-0.4, -0.2) is 47.7 Å². The molecule has 31 heavy (non-hydrogen) atoms. The highest BCUT2D eigenvalue weighted by Crippen LogP contribution is 2.46. The molecule has 1 fully saturated rings. The zero-order valence-electron chi connectivity index (χ0n) is 17.6. The van der Waals surface area contributed by atoms with Crippen molar-refractivity contribution < 1.29 is 4.74 Å². The first-order valence-electron chi connectivity index (χ1n) is 11.1. The van der Waals surface area contributed by atoms with Crippen molar-refractivity contribution in [1.29, 1.82) is 0 Å². The van der Waals surface area contributed by atoms with Crippen LogP contribution in [0.2, 0.25) is 0 Å². The van der Waals surface area contributed by atoms with Crippen LogP contribution in [0.4, 0.5) is 5.95 Å². The van der Waals surface area contributed by atoms with Gasteiger partial charge in [0.05, 0.1) is 6.61 Å². The van der Waals surface area contributed by atoms with E-state index in [4.69, 9.17) is 19.7 Å². The molecule has 2 aliphatic rings. The third-order valence-electron chi connectivity index (χ3n) is 6.15. The predicted molar refractivity (Wildman–Crippen MR) is 129 cm³/mol. The fourth-order valence-electron chi connectivity index (χ4n) is 4.72. The number of aryl methyl sites for hydroxylation is 1. The Morgan fingerprint density at radius 2 is 2.00 bits per heavy atom. The smallest absolute Gasteiger partial charge is 0.236 e. The number of hydrogen-bond acceptors (Lipinski definition) is 8. The number of piperazine rings is 1. The normalized spacial score (nSPS) is 16.7. The van der Waals surface area contributed by atoms with Crippen molar-refractivity contribution >= 4 is 49.1 Å². The summed E-state index contributed by atoms with van der Waals surface area (Å²) in [7, 11) is 0. The molecular weight excluding hydrogens is 426 g/mol. The lowest BCUT2D eigenvalue weighted by molar-refractivity contribution is 0.331. The first-order chi connectivity index (χ1) is 15.3. The number of pyridine rings is 1. The predicted octanol–water partition coefficient (Wildman–Crippen LogP) is 4.66. The van der Waals surface area contributed by atoms with Gasteiger partial charge in [0.1, 0.15) is 15.0 Å². The topological polar surface area (TPSA) is 63.2 Å². The molecular formula is C23H25N5OS2. The minimum Gasteiger partial charge on any atom is -0.477 e. The van der Waals surface area contributed by atoms with Crippen LogP contribution in [0.1, 0.15) is 31.0 Å². The van der Waals surface area contributed by atoms with Gasteiger partial charge >= 0.3 is 0 Å². The summed E-state index contributed by atoms with van der Waals surface area (Å²) in [5, 5.41) is 6.76. The van der Waals surface area contributed by atoms with E-state index in [0.717, 1.165) is 60.0 Å². The van der Waals surface area contributed by atoms with Crippen LogP contribution in [0.15, 0.2) is 17.5 Å². The Balaban J connectivity index is 1.68. The second-order valence-electron chi connectivity index (χ2n) is 8.06. The van der Waals surface area contributed by atoms with Crippen LogP contribution in [0.3, 0.4) is 0 Å². The lowest BCUT2D eigenvalue weighted by atomic mass is 9.90. The molecule has 4 aromatic heterocycles. The third-order valence-corrected chi connectivity index (χ3v) is 8.10. The highest BCUT2D eigenvalue weighted by Gasteiger charge is 2.26. The van der Waals surface area contributed by atoms with Crippen LogP contribution in [-0.2, 0) is 12.8 Å². The monoisotopic (exact) mass is 451 g/mol. The Morgan fingerprint density at radius 1 is 1.13 bits per heavy atom. The summed E-state index contributed by atoms with van der Waals surface area (Å²) in [6, 6.07) is 4.38. The van der Waals surface area contributed by atoms with E-state index in [1.54, 1.807) is 22.7 Å². The van der Waals surface area contributed by atoms with E-state index in [1.807, 2.05) is 6.92 Å². The molecule has 6 rings (SSSR count). The van der Waals surface area contributed by atoms with Crippen molar-refractivity contribution in [2.24, 2.45) is 0 Å². The Morgan fingerprint density at radius 3 is 2.81 bits per heavy atom. The number of hydrogen-bond donors (Lipinski definition) is 1. The van der Waals surface area contributed by atoms with Gasteiger partial charge < -0.3 is 15.0 Å². The zero-order chi connectivity index (χ0) is 20.8. The molecule has 4 aromatic rings. The fraction of sp³-hybridized carbons (Fsp3) is 0.435. The molecule has 0 bridgehead atoms. The number of nitrogens with zero attached hydrogens (tertiary/aromatic N) is 4. The number of nitrogens with one attached hydrogen (secondary N) is 1. The quantitative estimate of drug-likeness (QED) is 0.487. The van der Waals surface area contributed by atoms with Crippen LogP contribution in [0, 0.1) is 0 Å². The van der Waals surface area contributed by atoms with Gasteiger partial charge in [0.2, 0.25) is 11.8 Å². The molecule has 6 nitrogen and oxygen atoms in total. The fourth-order valence-corrected chi connectivity index (χ4v) is 6.61. The minimum atomic E-state index is 0.586. The first kappa shape index (κ1) is 19.4. The Hall–Kier alpha value is -2.29. The molecule has 0 atom stereocenters. The van der Waals surface area contributed by atoms with E-state index in [1.165, 1.54) is 39.9 Å². The summed E-state index contributed by atoms with van der Waals surface area (Å²) < 4.78 is 7.05. The van der Waals surface area contributed by atoms with Crippen molar-refractivity contribution in [3.63, 3.8) is 0 Å². The molecule has 0 saturated carbocycles. The number of rotatable bonds is 4. The van der Waals surface area contributed by atoms with Crippen LogP contribution < -0.4 is 15.0 Å². The molecule has 1 aliphatic carbocycles. The number of fused-ring (bicyclic) bond motifs is 4. The summed E-state index contributed by atoms with van der Waals surface area (Å²) in [6.45, 7) is 6.31. The van der Waals surface area contributed by atoms with E-state index >= 15 is 0 Å². The van der Waals surface area contributed by atoms with E-state index < -0.39 is 0 Å². The second-order valence-corrected chi connectivity index (χ2v) is 10.0. The van der Waals surface area contributed by atoms with Crippen LogP contribution in [0.25, 0.3) is 30.9 Å². The van der Waals surface area contributed by atoms with Crippen molar-refractivity contribution in [2.75, 3.05) is 37.7 Å². The van der Waals surface area contributed by atoms with Crippen molar-refractivity contribution in [3.05, 3.63) is 28.8 Å². The third kappa shape index (κ3) is 3.28. The molecule has 0 spiro atoms. The lowest BCUT2D eigenvalue weighted by Crippen LogP contribution is -2.44. The molecule has 1 aliphatic heterocycles. The average molecular weight is 452 g/mol. The van der Waals surface area contributed by atoms with Crippen molar-refractivity contribution in [1.82, 2.24) is 20.3 Å². The zero-order valence-corrected chi connectivity index (χ0v) is 19.2. The number of ether oxygens (including phenoxy) is 1. The standard InChI is InChI=1S/C23H25N5OS2/c1-2-29-21-20-19(26-23(27-21)28-11-9-24-10-12-28)18-17(16-8-5-13-30-16)14-6-3-4-7-15(14)25-22(18)31-20/h5,8,13,24H,2-4,6-7,9-12H2,1H3. The van der Waals surface area contributed by atoms with Gasteiger partial charge in [0.15, 0.2) is 0 Å². The maximum Gasteiger partial charge on any atom is 0.236 e. The first-order valence-corrected chi connectivity index (χ1v) is 12.8. The molecule has 0 unspecified atom stereocenters. The molecule has 160 valence electrons. The van der Waals surface area contributed by atoms with Gasteiger partial charge in [0, 0.05) is 47.7 Å². The highest BCUT2D eigenvalue weighted by molar-refractivity contribution is 7.26. The molecule has 1 saturated heterocycles. The van der Waals surface area contributed by atoms with Gasteiger partial charge in [-0.05, 0) is 49.6 Å². The maximum atomic E-state index is 6.03. The van der Waals surface area contributed by atoms with E-state index in [0.29, 0.717) is 12.5 Å². The average Bonchev–Trinajstić information content (AvgIpc) is 3.46. The van der Waals surface area contributed by atoms with Crippen LogP contribution >= 0.6 is 22.7 Å². The van der Waals surface area contributed by atoms with E-state index in [2.05, 4.69) is 27.7 Å². The summed E-state index contributed by atoms with van der Waals surface area (Å²) >= 11 is 3.49. The second kappa shape index (κ2) is 8.00. The molecule has 0 radical (unpaired) electrons. The van der Waals surface area contributed by atoms with Gasteiger partial charge in [-0.15, -0.1) is 22.7 Å².